The van der Waals surface area contributed by atoms with Gasteiger partial charge in [0.1, 0.15) is 0 Å². The monoisotopic (exact) mass is 363 g/mol. The van der Waals surface area contributed by atoms with Crippen LogP contribution < -0.4 is 10.9 Å². The Morgan fingerprint density at radius 3 is 2.71 bits per heavy atom. The molecule has 0 bridgehead atoms. The molecule has 2 aromatic carbocycles. The predicted molar refractivity (Wildman–Crippen MR) is 88.8 cm³/mol. The average Bonchev–Trinajstić information content (AvgIpc) is 2.49. The lowest BCUT2D eigenvalue weighted by molar-refractivity contribution is 0.730. The highest BCUT2D eigenvalue weighted by molar-refractivity contribution is 9.10. The SMILES string of the molecule is O=c1c2cc(Br)ccc2nc(Cl)n1CNc1ccccc1. The summed E-state index contributed by atoms with van der Waals surface area (Å²) in [7, 11) is 0. The van der Waals surface area contributed by atoms with Crippen molar-refractivity contribution >= 4 is 44.1 Å². The maximum absolute atomic E-state index is 12.5. The third kappa shape index (κ3) is 2.94. The van der Waals surface area contributed by atoms with Gasteiger partial charge in [-0.05, 0) is 41.9 Å². The molecule has 1 N–H and O–H groups in total. The van der Waals surface area contributed by atoms with Gasteiger partial charge < -0.3 is 5.32 Å². The minimum Gasteiger partial charge on any atom is -0.367 e. The Bertz CT molecular complexity index is 849. The molecule has 3 aromatic rings. The Kier molecular flexibility index (Phi) is 3.94. The number of rotatable bonds is 3. The van der Waals surface area contributed by atoms with Gasteiger partial charge in [-0.1, -0.05) is 34.1 Å². The third-order valence-electron chi connectivity index (χ3n) is 3.08. The van der Waals surface area contributed by atoms with Crippen LogP contribution >= 0.6 is 27.5 Å². The summed E-state index contributed by atoms with van der Waals surface area (Å²) >= 11 is 9.48. The van der Waals surface area contributed by atoms with Crippen molar-refractivity contribution in [3.05, 3.63) is 68.6 Å². The van der Waals surface area contributed by atoms with Crippen molar-refractivity contribution in [2.24, 2.45) is 0 Å². The minimum atomic E-state index is -0.172. The van der Waals surface area contributed by atoms with Crippen LogP contribution in [0.3, 0.4) is 0 Å². The summed E-state index contributed by atoms with van der Waals surface area (Å²) in [5, 5.41) is 3.84. The molecule has 1 aromatic heterocycles. The van der Waals surface area contributed by atoms with E-state index in [1.54, 1.807) is 12.1 Å². The van der Waals surface area contributed by atoms with Gasteiger partial charge in [-0.15, -0.1) is 0 Å². The minimum absolute atomic E-state index is 0.165. The van der Waals surface area contributed by atoms with Crippen molar-refractivity contribution in [3.8, 4) is 0 Å². The maximum Gasteiger partial charge on any atom is 0.263 e. The Morgan fingerprint density at radius 2 is 1.95 bits per heavy atom. The van der Waals surface area contributed by atoms with E-state index in [0.29, 0.717) is 10.9 Å². The first kappa shape index (κ1) is 14.1. The number of benzene rings is 2. The molecule has 4 nitrogen and oxygen atoms in total. The molecule has 0 spiro atoms. The molecule has 0 aliphatic rings. The van der Waals surface area contributed by atoms with Crippen LogP contribution in [-0.4, -0.2) is 9.55 Å². The van der Waals surface area contributed by atoms with Crippen molar-refractivity contribution in [2.75, 3.05) is 5.32 Å². The summed E-state index contributed by atoms with van der Waals surface area (Å²) < 4.78 is 2.24. The van der Waals surface area contributed by atoms with E-state index in [9.17, 15) is 4.79 Å². The van der Waals surface area contributed by atoms with Gasteiger partial charge >= 0.3 is 0 Å². The number of fused-ring (bicyclic) bond motifs is 1. The molecule has 1 heterocycles. The Labute approximate surface area is 134 Å². The van der Waals surface area contributed by atoms with E-state index in [-0.39, 0.29) is 17.5 Å². The molecule has 0 atom stereocenters. The van der Waals surface area contributed by atoms with E-state index in [0.717, 1.165) is 10.2 Å². The van der Waals surface area contributed by atoms with E-state index < -0.39 is 0 Å². The molecule has 6 heteroatoms. The second kappa shape index (κ2) is 5.87. The summed E-state index contributed by atoms with van der Waals surface area (Å²) in [6.07, 6.45) is 0. The van der Waals surface area contributed by atoms with Crippen molar-refractivity contribution < 1.29 is 0 Å². The normalized spacial score (nSPS) is 10.8. The summed E-state index contributed by atoms with van der Waals surface area (Å²) in [5.74, 6) is 0. The van der Waals surface area contributed by atoms with Crippen molar-refractivity contribution in [2.45, 2.75) is 6.67 Å². The third-order valence-corrected chi connectivity index (χ3v) is 3.87. The lowest BCUT2D eigenvalue weighted by atomic mass is 10.2. The fourth-order valence-corrected chi connectivity index (χ4v) is 2.62. The second-order valence-electron chi connectivity index (χ2n) is 4.48. The first-order valence-electron chi connectivity index (χ1n) is 6.30. The smallest absolute Gasteiger partial charge is 0.263 e. The first-order valence-corrected chi connectivity index (χ1v) is 7.47. The van der Waals surface area contributed by atoms with Gasteiger partial charge in [0, 0.05) is 10.2 Å². The number of hydrogen-bond donors (Lipinski definition) is 1. The van der Waals surface area contributed by atoms with Crippen LogP contribution in [0.2, 0.25) is 5.28 Å². The van der Waals surface area contributed by atoms with Crippen molar-refractivity contribution in [3.63, 3.8) is 0 Å². The zero-order chi connectivity index (χ0) is 14.8. The average molecular weight is 365 g/mol. The van der Waals surface area contributed by atoms with Gasteiger partial charge in [0.2, 0.25) is 5.28 Å². The van der Waals surface area contributed by atoms with E-state index in [1.807, 2.05) is 36.4 Å². The molecule has 3 rings (SSSR count). The van der Waals surface area contributed by atoms with E-state index in [2.05, 4.69) is 26.2 Å². The highest BCUT2D eigenvalue weighted by Crippen LogP contribution is 2.17. The van der Waals surface area contributed by atoms with Gasteiger partial charge in [0.25, 0.3) is 5.56 Å². The lowest BCUT2D eigenvalue weighted by Crippen LogP contribution is -2.25. The van der Waals surface area contributed by atoms with Crippen LogP contribution in [0.1, 0.15) is 0 Å². The molecular weight excluding hydrogens is 354 g/mol. The molecule has 0 radical (unpaired) electrons. The molecule has 0 saturated heterocycles. The zero-order valence-corrected chi connectivity index (χ0v) is 13.2. The highest BCUT2D eigenvalue weighted by atomic mass is 79.9. The fourth-order valence-electron chi connectivity index (χ4n) is 2.03. The van der Waals surface area contributed by atoms with Crippen LogP contribution in [0.15, 0.2) is 57.8 Å². The number of halogens is 2. The quantitative estimate of drug-likeness (QED) is 0.717. The highest BCUT2D eigenvalue weighted by Gasteiger charge is 2.09. The molecule has 0 unspecified atom stereocenters. The Hall–Kier alpha value is -1.85. The molecule has 21 heavy (non-hydrogen) atoms. The summed E-state index contributed by atoms with van der Waals surface area (Å²) in [5.41, 5.74) is 1.33. The van der Waals surface area contributed by atoms with Crippen LogP contribution in [-0.2, 0) is 6.67 Å². The molecule has 0 aliphatic heterocycles. The largest absolute Gasteiger partial charge is 0.367 e. The number of anilines is 1. The van der Waals surface area contributed by atoms with Crippen LogP contribution in [0.4, 0.5) is 5.69 Å². The maximum atomic E-state index is 12.5. The fraction of sp³-hybridized carbons (Fsp3) is 0.0667. The summed E-state index contributed by atoms with van der Waals surface area (Å²) in [6, 6.07) is 15.0. The van der Waals surface area contributed by atoms with E-state index in [4.69, 9.17) is 11.6 Å². The van der Waals surface area contributed by atoms with Gasteiger partial charge in [-0.2, -0.15) is 0 Å². The van der Waals surface area contributed by atoms with Gasteiger partial charge in [0.05, 0.1) is 17.6 Å². The first-order chi connectivity index (χ1) is 10.1. The molecule has 0 amide bonds. The van der Waals surface area contributed by atoms with E-state index >= 15 is 0 Å². The zero-order valence-electron chi connectivity index (χ0n) is 10.9. The van der Waals surface area contributed by atoms with Crippen molar-refractivity contribution in [1.29, 1.82) is 0 Å². The van der Waals surface area contributed by atoms with Crippen LogP contribution in [0.25, 0.3) is 10.9 Å². The van der Waals surface area contributed by atoms with Crippen LogP contribution in [0, 0.1) is 0 Å². The number of para-hydroxylation sites is 1. The van der Waals surface area contributed by atoms with Gasteiger partial charge in [-0.3, -0.25) is 9.36 Å². The summed E-state index contributed by atoms with van der Waals surface area (Å²) in [4.78, 5) is 16.8. The van der Waals surface area contributed by atoms with E-state index in [1.165, 1.54) is 4.57 Å². The number of hydrogen-bond acceptors (Lipinski definition) is 3. The topological polar surface area (TPSA) is 46.9 Å². The standard InChI is InChI=1S/C15H11BrClN3O/c16-10-6-7-13-12(8-10)14(21)20(15(17)19-13)9-18-11-4-2-1-3-5-11/h1-8,18H,9H2. The van der Waals surface area contributed by atoms with Crippen LogP contribution in [0.5, 0.6) is 0 Å². The Morgan fingerprint density at radius 1 is 1.19 bits per heavy atom. The molecule has 0 aliphatic carbocycles. The molecular formula is C15H11BrClN3O. The van der Waals surface area contributed by atoms with Gasteiger partial charge in [-0.25, -0.2) is 4.98 Å². The van der Waals surface area contributed by atoms with Gasteiger partial charge in [0.15, 0.2) is 0 Å². The predicted octanol–water partition coefficient (Wildman–Crippen LogP) is 3.88. The van der Waals surface area contributed by atoms with Crippen molar-refractivity contribution in [1.82, 2.24) is 9.55 Å². The molecule has 106 valence electrons. The molecule has 0 saturated carbocycles. The number of aromatic nitrogens is 2. The molecule has 0 fully saturated rings. The Balaban J connectivity index is 2.00. The summed E-state index contributed by atoms with van der Waals surface area (Å²) in [6.45, 7) is 0.261. The number of nitrogens with one attached hydrogen (secondary N) is 1. The second-order valence-corrected chi connectivity index (χ2v) is 5.73. The lowest BCUT2D eigenvalue weighted by Gasteiger charge is -2.11. The number of nitrogens with zero attached hydrogens (tertiary/aromatic N) is 2.